The van der Waals surface area contributed by atoms with Gasteiger partial charge in [0.05, 0.1) is 0 Å². The molecule has 1 nitrogen and oxygen atoms in total. The number of thiophene rings is 1. The average Bonchev–Trinajstić information content (AvgIpc) is 3.16. The van der Waals surface area contributed by atoms with Crippen LogP contribution in [0.1, 0.15) is 53.7 Å². The van der Waals surface area contributed by atoms with Gasteiger partial charge >= 0.3 is 0 Å². The molecule has 1 fully saturated rings. The van der Waals surface area contributed by atoms with Gasteiger partial charge < -0.3 is 4.98 Å². The Bertz CT molecular complexity index is 566. The van der Waals surface area contributed by atoms with Gasteiger partial charge in [0.15, 0.2) is 0 Å². The van der Waals surface area contributed by atoms with E-state index in [4.69, 9.17) is 0 Å². The lowest BCUT2D eigenvalue weighted by atomic mass is 10.00. The van der Waals surface area contributed by atoms with Gasteiger partial charge in [-0.25, -0.2) is 0 Å². The monoisotopic (exact) mass is 301 g/mol. The molecule has 21 heavy (non-hydrogen) atoms. The zero-order valence-electron chi connectivity index (χ0n) is 13.3. The first-order chi connectivity index (χ1) is 10.2. The van der Waals surface area contributed by atoms with Crippen molar-refractivity contribution < 1.29 is 0 Å². The molecule has 0 spiro atoms. The minimum absolute atomic E-state index is 0.971. The molecule has 2 heterocycles. The predicted molar refractivity (Wildman–Crippen MR) is 92.1 cm³/mol. The minimum Gasteiger partial charge on any atom is -0.362 e. The molecule has 0 aliphatic heterocycles. The predicted octanol–water partition coefficient (Wildman–Crippen LogP) is 5.54. The highest BCUT2D eigenvalue weighted by atomic mass is 32.1. The molecule has 3 rings (SSSR count). The van der Waals surface area contributed by atoms with E-state index in [1.807, 2.05) is 11.3 Å². The van der Waals surface area contributed by atoms with E-state index >= 15 is 0 Å². The second-order valence-corrected chi connectivity index (χ2v) is 8.11. The molecule has 0 radical (unpaired) electrons. The standard InChI is InChI=1S/C19H27NS/c1-14-3-5-16(13-14)6-9-18-11-12-19(21-18)10-8-17-7-4-15(2)20-17/h4,7,11-12,14,16,20H,3,5-6,8-10,13H2,1-2H3. The van der Waals surface area contributed by atoms with E-state index < -0.39 is 0 Å². The van der Waals surface area contributed by atoms with Crippen LogP contribution in [0.3, 0.4) is 0 Å². The number of rotatable bonds is 6. The lowest BCUT2D eigenvalue weighted by Gasteiger charge is -2.07. The number of aryl methyl sites for hydroxylation is 4. The van der Waals surface area contributed by atoms with Crippen molar-refractivity contribution in [2.75, 3.05) is 0 Å². The van der Waals surface area contributed by atoms with Crippen LogP contribution in [0.25, 0.3) is 0 Å². The van der Waals surface area contributed by atoms with Crippen molar-refractivity contribution in [2.24, 2.45) is 11.8 Å². The Hall–Kier alpha value is -1.02. The largest absolute Gasteiger partial charge is 0.362 e. The molecule has 0 saturated heterocycles. The van der Waals surface area contributed by atoms with E-state index in [9.17, 15) is 0 Å². The Morgan fingerprint density at radius 3 is 2.52 bits per heavy atom. The maximum Gasteiger partial charge on any atom is 0.0152 e. The van der Waals surface area contributed by atoms with Gasteiger partial charge in [0, 0.05) is 21.1 Å². The van der Waals surface area contributed by atoms with Crippen molar-refractivity contribution in [1.29, 1.82) is 0 Å². The zero-order valence-corrected chi connectivity index (χ0v) is 14.1. The van der Waals surface area contributed by atoms with Gasteiger partial charge in [0.25, 0.3) is 0 Å². The molecular weight excluding hydrogens is 274 g/mol. The van der Waals surface area contributed by atoms with Gasteiger partial charge in [-0.2, -0.15) is 0 Å². The highest BCUT2D eigenvalue weighted by Gasteiger charge is 2.20. The molecule has 2 aromatic heterocycles. The molecule has 1 aliphatic carbocycles. The number of nitrogens with one attached hydrogen (secondary N) is 1. The lowest BCUT2D eigenvalue weighted by Crippen LogP contribution is -1.96. The van der Waals surface area contributed by atoms with Crippen LogP contribution in [0.15, 0.2) is 24.3 Å². The van der Waals surface area contributed by atoms with Crippen LogP contribution in [0.2, 0.25) is 0 Å². The fraction of sp³-hybridized carbons (Fsp3) is 0.579. The SMILES string of the molecule is Cc1ccc(CCc2ccc(CCC3CCC(C)C3)s2)[nH]1. The van der Waals surface area contributed by atoms with Crippen molar-refractivity contribution in [2.45, 2.75) is 58.8 Å². The first kappa shape index (κ1) is 14.9. The van der Waals surface area contributed by atoms with Gasteiger partial charge in [-0.1, -0.05) is 19.8 Å². The molecule has 0 aromatic carbocycles. The van der Waals surface area contributed by atoms with Gasteiger partial charge in [-0.3, -0.25) is 0 Å². The average molecular weight is 301 g/mol. The molecule has 1 aliphatic rings. The Kier molecular flexibility index (Phi) is 4.84. The van der Waals surface area contributed by atoms with E-state index in [2.05, 4.69) is 43.1 Å². The lowest BCUT2D eigenvalue weighted by molar-refractivity contribution is 0.482. The normalized spacial score (nSPS) is 22.0. The zero-order chi connectivity index (χ0) is 14.7. The first-order valence-electron chi connectivity index (χ1n) is 8.41. The molecule has 114 valence electrons. The van der Waals surface area contributed by atoms with Crippen molar-refractivity contribution in [1.82, 2.24) is 4.98 Å². The molecule has 2 heteroatoms. The maximum atomic E-state index is 3.42. The molecule has 2 unspecified atom stereocenters. The summed E-state index contributed by atoms with van der Waals surface area (Å²) in [5.74, 6) is 1.96. The third-order valence-electron chi connectivity index (χ3n) is 4.85. The van der Waals surface area contributed by atoms with Crippen LogP contribution in [-0.4, -0.2) is 4.98 Å². The summed E-state index contributed by atoms with van der Waals surface area (Å²) < 4.78 is 0. The second-order valence-electron chi connectivity index (χ2n) is 6.86. The summed E-state index contributed by atoms with van der Waals surface area (Å²) in [7, 11) is 0. The molecule has 0 bridgehead atoms. The van der Waals surface area contributed by atoms with Crippen molar-refractivity contribution in [3.05, 3.63) is 45.4 Å². The summed E-state index contributed by atoms with van der Waals surface area (Å²) in [6, 6.07) is 9.08. The van der Waals surface area contributed by atoms with Crippen molar-refractivity contribution >= 4 is 11.3 Å². The van der Waals surface area contributed by atoms with Crippen molar-refractivity contribution in [3.8, 4) is 0 Å². The number of aromatic amines is 1. The molecular formula is C19H27NS. The van der Waals surface area contributed by atoms with Crippen LogP contribution >= 0.6 is 11.3 Å². The Balaban J connectivity index is 1.45. The molecule has 1 saturated carbocycles. The molecule has 2 atom stereocenters. The van der Waals surface area contributed by atoms with E-state index in [1.165, 1.54) is 54.8 Å². The van der Waals surface area contributed by atoms with Crippen LogP contribution in [0.5, 0.6) is 0 Å². The summed E-state index contributed by atoms with van der Waals surface area (Å²) in [5, 5.41) is 0. The van der Waals surface area contributed by atoms with Gasteiger partial charge in [-0.05, 0) is 75.1 Å². The second kappa shape index (κ2) is 6.83. The smallest absolute Gasteiger partial charge is 0.0152 e. The summed E-state index contributed by atoms with van der Waals surface area (Å²) in [5.41, 5.74) is 2.63. The Labute approximate surface area is 132 Å². The fourth-order valence-electron chi connectivity index (χ4n) is 3.59. The number of hydrogen-bond acceptors (Lipinski definition) is 1. The minimum atomic E-state index is 0.971. The van der Waals surface area contributed by atoms with Gasteiger partial charge in [0.2, 0.25) is 0 Å². The summed E-state index contributed by atoms with van der Waals surface area (Å²) in [6.07, 6.45) is 9.38. The van der Waals surface area contributed by atoms with Crippen LogP contribution < -0.4 is 0 Å². The van der Waals surface area contributed by atoms with Crippen LogP contribution in [0.4, 0.5) is 0 Å². The van der Waals surface area contributed by atoms with Crippen molar-refractivity contribution in [3.63, 3.8) is 0 Å². The first-order valence-corrected chi connectivity index (χ1v) is 9.23. The number of hydrogen-bond donors (Lipinski definition) is 1. The van der Waals surface area contributed by atoms with Crippen LogP contribution in [0, 0.1) is 18.8 Å². The highest BCUT2D eigenvalue weighted by molar-refractivity contribution is 7.11. The third kappa shape index (κ3) is 4.23. The molecule has 1 N–H and O–H groups in total. The third-order valence-corrected chi connectivity index (χ3v) is 6.06. The van der Waals surface area contributed by atoms with E-state index in [-0.39, 0.29) is 0 Å². The topological polar surface area (TPSA) is 15.8 Å². The number of H-pyrrole nitrogens is 1. The van der Waals surface area contributed by atoms with E-state index in [0.29, 0.717) is 0 Å². The summed E-state index contributed by atoms with van der Waals surface area (Å²) >= 11 is 2.03. The van der Waals surface area contributed by atoms with Crippen LogP contribution in [-0.2, 0) is 19.3 Å². The quantitative estimate of drug-likeness (QED) is 0.721. The molecule has 0 amide bonds. The maximum absolute atomic E-state index is 3.42. The number of aromatic nitrogens is 1. The summed E-state index contributed by atoms with van der Waals surface area (Å²) in [4.78, 5) is 6.55. The van der Waals surface area contributed by atoms with Gasteiger partial charge in [-0.15, -0.1) is 11.3 Å². The van der Waals surface area contributed by atoms with E-state index in [1.54, 1.807) is 4.88 Å². The fourth-order valence-corrected chi connectivity index (χ4v) is 4.62. The summed E-state index contributed by atoms with van der Waals surface area (Å²) in [6.45, 7) is 4.53. The Morgan fingerprint density at radius 2 is 1.86 bits per heavy atom. The Morgan fingerprint density at radius 1 is 1.05 bits per heavy atom. The van der Waals surface area contributed by atoms with E-state index in [0.717, 1.165) is 18.3 Å². The van der Waals surface area contributed by atoms with Gasteiger partial charge in [0.1, 0.15) is 0 Å². The molecule has 2 aromatic rings. The highest BCUT2D eigenvalue weighted by Crippen LogP contribution is 2.34.